The van der Waals surface area contributed by atoms with Gasteiger partial charge in [0.25, 0.3) is 0 Å². The minimum absolute atomic E-state index is 0.194. The largest absolute Gasteiger partial charge is 0.497 e. The van der Waals surface area contributed by atoms with E-state index in [1.165, 1.54) is 0 Å². The van der Waals surface area contributed by atoms with E-state index in [0.717, 1.165) is 22.6 Å². The number of benzene rings is 2. The Morgan fingerprint density at radius 2 is 1.52 bits per heavy atom. The number of aromatic nitrogens is 3. The molecule has 0 amide bonds. The molecule has 0 aliphatic rings. The summed E-state index contributed by atoms with van der Waals surface area (Å²) in [4.78, 5) is 0. The van der Waals surface area contributed by atoms with Crippen molar-refractivity contribution in [1.82, 2.24) is 14.8 Å². The highest BCUT2D eigenvalue weighted by Gasteiger charge is 2.26. The van der Waals surface area contributed by atoms with Gasteiger partial charge in [0.15, 0.2) is 22.1 Å². The molecule has 0 unspecified atom stereocenters. The monoisotopic (exact) mass is 415 g/mol. The molecule has 0 aliphatic carbocycles. The lowest BCUT2D eigenvalue weighted by molar-refractivity contribution is 0.322. The van der Waals surface area contributed by atoms with Crippen LogP contribution >= 0.6 is 12.2 Å². The molecule has 8 heteroatoms. The van der Waals surface area contributed by atoms with Crippen molar-refractivity contribution in [3.63, 3.8) is 0 Å². The Balaban J connectivity index is 2.31. The first-order chi connectivity index (χ1) is 14.0. The van der Waals surface area contributed by atoms with Crippen molar-refractivity contribution in [1.29, 1.82) is 0 Å². The van der Waals surface area contributed by atoms with E-state index < -0.39 is 0 Å². The zero-order valence-corrected chi connectivity index (χ0v) is 18.2. The van der Waals surface area contributed by atoms with E-state index in [1.54, 1.807) is 28.4 Å². The second-order valence-corrected chi connectivity index (χ2v) is 7.04. The smallest absolute Gasteiger partial charge is 0.204 e. The van der Waals surface area contributed by atoms with E-state index in [9.17, 15) is 0 Å². The molecule has 0 radical (unpaired) electrons. The number of nitrogens with one attached hydrogen (secondary N) is 1. The van der Waals surface area contributed by atoms with Gasteiger partial charge in [0.2, 0.25) is 5.75 Å². The topological polar surface area (TPSA) is 70.5 Å². The van der Waals surface area contributed by atoms with Gasteiger partial charge >= 0.3 is 0 Å². The Morgan fingerprint density at radius 3 is 2.03 bits per heavy atom. The van der Waals surface area contributed by atoms with Crippen molar-refractivity contribution < 1.29 is 18.9 Å². The molecule has 1 heterocycles. The van der Waals surface area contributed by atoms with Gasteiger partial charge in [0, 0.05) is 5.56 Å². The van der Waals surface area contributed by atoms with Crippen LogP contribution < -0.4 is 18.9 Å². The van der Waals surface area contributed by atoms with Gasteiger partial charge in [-0.1, -0.05) is 13.8 Å². The molecule has 154 valence electrons. The number of rotatable bonds is 7. The summed E-state index contributed by atoms with van der Waals surface area (Å²) in [6, 6.07) is 9.60. The minimum atomic E-state index is 0.194. The van der Waals surface area contributed by atoms with Crippen molar-refractivity contribution in [2.24, 2.45) is 0 Å². The first kappa shape index (κ1) is 20.7. The average Bonchev–Trinajstić information content (AvgIpc) is 3.12. The summed E-state index contributed by atoms with van der Waals surface area (Å²) in [5.74, 6) is 3.26. The van der Waals surface area contributed by atoms with Crippen LogP contribution in [0.2, 0.25) is 0 Å². The predicted molar refractivity (Wildman–Crippen MR) is 114 cm³/mol. The van der Waals surface area contributed by atoms with Crippen LogP contribution in [0.5, 0.6) is 23.0 Å². The lowest BCUT2D eigenvalue weighted by atomic mass is 9.97. The summed E-state index contributed by atoms with van der Waals surface area (Å²) in [6.45, 7) is 4.18. The fourth-order valence-electron chi connectivity index (χ4n) is 3.29. The van der Waals surface area contributed by atoms with Gasteiger partial charge in [-0.2, -0.15) is 5.10 Å². The molecular weight excluding hydrogens is 390 g/mol. The Hall–Kier alpha value is -3.00. The Morgan fingerprint density at radius 1 is 0.897 bits per heavy atom. The first-order valence-electron chi connectivity index (χ1n) is 9.11. The molecule has 3 rings (SSSR count). The Kier molecular flexibility index (Phi) is 6.12. The van der Waals surface area contributed by atoms with Crippen molar-refractivity contribution in [2.75, 3.05) is 28.4 Å². The molecule has 0 fully saturated rings. The number of ether oxygens (including phenoxy) is 4. The first-order valence-corrected chi connectivity index (χ1v) is 9.52. The number of aromatic amines is 1. The molecule has 1 aromatic heterocycles. The molecule has 29 heavy (non-hydrogen) atoms. The maximum Gasteiger partial charge on any atom is 0.204 e. The summed E-state index contributed by atoms with van der Waals surface area (Å²) < 4.78 is 24.6. The van der Waals surface area contributed by atoms with E-state index in [-0.39, 0.29) is 5.92 Å². The normalized spacial score (nSPS) is 10.9. The Labute approximate surface area is 175 Å². The van der Waals surface area contributed by atoms with Crippen LogP contribution in [0.15, 0.2) is 30.3 Å². The zero-order chi connectivity index (χ0) is 21.1. The van der Waals surface area contributed by atoms with Gasteiger partial charge in [-0.05, 0) is 48.5 Å². The van der Waals surface area contributed by atoms with E-state index in [2.05, 4.69) is 24.0 Å². The molecule has 0 aliphatic heterocycles. The predicted octanol–water partition coefficient (Wildman–Crippen LogP) is 4.75. The summed E-state index contributed by atoms with van der Waals surface area (Å²) in [5, 5.41) is 7.37. The van der Waals surface area contributed by atoms with Crippen molar-refractivity contribution >= 4 is 12.2 Å². The molecule has 0 atom stereocenters. The number of methoxy groups -OCH3 is 4. The third-order valence-electron chi connectivity index (χ3n) is 4.70. The fraction of sp³-hybridized carbons (Fsp3) is 0.333. The maximum atomic E-state index is 5.71. The second-order valence-electron chi connectivity index (χ2n) is 6.65. The van der Waals surface area contributed by atoms with Crippen LogP contribution in [-0.4, -0.2) is 43.2 Å². The molecule has 7 nitrogen and oxygen atoms in total. The fourth-order valence-corrected chi connectivity index (χ4v) is 3.52. The van der Waals surface area contributed by atoms with Crippen LogP contribution in [0.3, 0.4) is 0 Å². The summed E-state index contributed by atoms with van der Waals surface area (Å²) in [6.07, 6.45) is 0. The molecule has 2 aromatic carbocycles. The molecule has 0 bridgehead atoms. The number of H-pyrrole nitrogens is 1. The maximum absolute atomic E-state index is 5.71. The van der Waals surface area contributed by atoms with Gasteiger partial charge in [-0.3, -0.25) is 9.67 Å². The van der Waals surface area contributed by atoms with E-state index >= 15 is 0 Å². The zero-order valence-electron chi connectivity index (χ0n) is 17.4. The van der Waals surface area contributed by atoms with Crippen molar-refractivity contribution in [3.05, 3.63) is 40.7 Å². The van der Waals surface area contributed by atoms with Gasteiger partial charge in [0.1, 0.15) is 5.75 Å². The second kappa shape index (κ2) is 8.57. The number of hydrogen-bond donors (Lipinski definition) is 1. The third-order valence-corrected chi connectivity index (χ3v) is 4.97. The van der Waals surface area contributed by atoms with Crippen LogP contribution in [0.1, 0.15) is 25.3 Å². The van der Waals surface area contributed by atoms with Crippen LogP contribution in [0.4, 0.5) is 0 Å². The molecule has 0 saturated heterocycles. The van der Waals surface area contributed by atoms with Crippen LogP contribution in [0.25, 0.3) is 17.1 Å². The molecular formula is C21H25N3O4S. The van der Waals surface area contributed by atoms with Crippen LogP contribution in [0, 0.1) is 4.77 Å². The van der Waals surface area contributed by atoms with Gasteiger partial charge < -0.3 is 18.9 Å². The third kappa shape index (κ3) is 3.67. The molecule has 3 aromatic rings. The summed E-state index contributed by atoms with van der Waals surface area (Å²) >= 11 is 5.51. The van der Waals surface area contributed by atoms with E-state index in [4.69, 9.17) is 31.2 Å². The quantitative estimate of drug-likeness (QED) is 0.561. The SMILES string of the molecule is COc1ccc(-n2c(-c3cc(C(C)C)c(OC)c(OC)c3OC)n[nH]c2=S)cc1. The Bertz CT molecular complexity index is 1060. The van der Waals surface area contributed by atoms with Gasteiger partial charge in [0.05, 0.1) is 39.7 Å². The summed E-state index contributed by atoms with van der Waals surface area (Å²) in [7, 11) is 6.44. The molecule has 0 saturated carbocycles. The van der Waals surface area contributed by atoms with E-state index in [0.29, 0.717) is 27.8 Å². The van der Waals surface area contributed by atoms with Crippen molar-refractivity contribution in [2.45, 2.75) is 19.8 Å². The number of nitrogens with zero attached hydrogens (tertiary/aromatic N) is 2. The lowest BCUT2D eigenvalue weighted by Crippen LogP contribution is -2.05. The summed E-state index contributed by atoms with van der Waals surface area (Å²) in [5.41, 5.74) is 2.58. The van der Waals surface area contributed by atoms with Crippen LogP contribution in [-0.2, 0) is 0 Å². The highest BCUT2D eigenvalue weighted by molar-refractivity contribution is 7.71. The number of hydrogen-bond acceptors (Lipinski definition) is 6. The van der Waals surface area contributed by atoms with Gasteiger partial charge in [-0.15, -0.1) is 0 Å². The highest BCUT2D eigenvalue weighted by Crippen LogP contribution is 2.48. The molecule has 1 N–H and O–H groups in total. The average molecular weight is 416 g/mol. The molecule has 0 spiro atoms. The standard InChI is InChI=1S/C21H25N3O4S/c1-12(2)15-11-16(18(27-5)19(28-6)17(15)26-4)20-22-23-21(29)24(20)13-7-9-14(25-3)10-8-13/h7-12H,1-6H3,(H,23,29). The van der Waals surface area contributed by atoms with Crippen molar-refractivity contribution in [3.8, 4) is 40.1 Å². The minimum Gasteiger partial charge on any atom is -0.497 e. The van der Waals surface area contributed by atoms with E-state index in [1.807, 2.05) is 34.9 Å². The lowest BCUT2D eigenvalue weighted by Gasteiger charge is -2.21. The highest BCUT2D eigenvalue weighted by atomic mass is 32.1. The van der Waals surface area contributed by atoms with Gasteiger partial charge in [-0.25, -0.2) is 0 Å².